The van der Waals surface area contributed by atoms with E-state index < -0.39 is 17.4 Å². The average Bonchev–Trinajstić information content (AvgIpc) is 3.25. The molecule has 0 saturated carbocycles. The topological polar surface area (TPSA) is 101 Å². The second kappa shape index (κ2) is 39.5. The van der Waals surface area contributed by atoms with Crippen LogP contribution in [0.25, 0.3) is 0 Å². The zero-order chi connectivity index (χ0) is 44.7. The SMILES string of the molecule is CCCCCCCCC(CCCCCC)CC(CCCCN(CCCCCC(=O)O)CCN(CCO)c1ccccc1)(CC(CCCCCC)CCCCCCCC)C(=O)O. The Morgan fingerprint density at radius 1 is 0.508 bits per heavy atom. The number of hydrogen-bond acceptors (Lipinski definition) is 5. The van der Waals surface area contributed by atoms with Crippen molar-refractivity contribution in [2.45, 2.75) is 240 Å². The molecule has 0 aliphatic carbocycles. The van der Waals surface area contributed by atoms with Crippen molar-refractivity contribution >= 4 is 17.6 Å². The third kappa shape index (κ3) is 29.8. The molecule has 0 spiro atoms. The predicted molar refractivity (Wildman–Crippen MR) is 262 cm³/mol. The molecule has 7 heteroatoms. The normalized spacial score (nSPS) is 13.7. The van der Waals surface area contributed by atoms with E-state index in [1.54, 1.807) is 0 Å². The highest BCUT2D eigenvalue weighted by Crippen LogP contribution is 2.44. The van der Waals surface area contributed by atoms with Gasteiger partial charge in [0.15, 0.2) is 0 Å². The first-order valence-electron chi connectivity index (χ1n) is 26.3. The zero-order valence-corrected chi connectivity index (χ0v) is 40.7. The minimum atomic E-state index is -0.730. The molecule has 0 aliphatic rings. The van der Waals surface area contributed by atoms with Gasteiger partial charge in [-0.1, -0.05) is 213 Å². The summed E-state index contributed by atoms with van der Waals surface area (Å²) < 4.78 is 0. The summed E-state index contributed by atoms with van der Waals surface area (Å²) in [6.07, 6.45) is 37.1. The van der Waals surface area contributed by atoms with E-state index in [0.29, 0.717) is 24.8 Å². The number of unbranched alkanes of at least 4 members (excludes halogenated alkanes) is 19. The van der Waals surface area contributed by atoms with E-state index in [4.69, 9.17) is 0 Å². The molecule has 1 aromatic rings. The number of carboxylic acid groups (broad SMARTS) is 2. The van der Waals surface area contributed by atoms with E-state index in [1.165, 1.54) is 154 Å². The van der Waals surface area contributed by atoms with Gasteiger partial charge in [-0.25, -0.2) is 0 Å². The first-order chi connectivity index (χ1) is 29.7. The van der Waals surface area contributed by atoms with E-state index in [2.05, 4.69) is 49.6 Å². The van der Waals surface area contributed by atoms with Crippen LogP contribution in [0.4, 0.5) is 5.69 Å². The molecule has 0 heterocycles. The summed E-state index contributed by atoms with van der Waals surface area (Å²) in [6.45, 7) is 13.3. The summed E-state index contributed by atoms with van der Waals surface area (Å²) in [7, 11) is 0. The van der Waals surface area contributed by atoms with Crippen molar-refractivity contribution in [3.63, 3.8) is 0 Å². The summed E-state index contributed by atoms with van der Waals surface area (Å²) in [4.78, 5) is 30.0. The largest absolute Gasteiger partial charge is 0.481 e. The van der Waals surface area contributed by atoms with Crippen LogP contribution in [0.5, 0.6) is 0 Å². The van der Waals surface area contributed by atoms with Crippen LogP contribution in [0.3, 0.4) is 0 Å². The van der Waals surface area contributed by atoms with E-state index >= 15 is 0 Å². The molecule has 0 aliphatic heterocycles. The lowest BCUT2D eigenvalue weighted by atomic mass is 9.67. The fourth-order valence-corrected chi connectivity index (χ4v) is 9.83. The Hall–Kier alpha value is -2.12. The number of aliphatic hydroxyl groups excluding tert-OH is 1. The van der Waals surface area contributed by atoms with Gasteiger partial charge in [-0.15, -0.1) is 0 Å². The van der Waals surface area contributed by atoms with Gasteiger partial charge in [0.05, 0.1) is 12.0 Å². The van der Waals surface area contributed by atoms with E-state index in [-0.39, 0.29) is 13.0 Å². The minimum absolute atomic E-state index is 0.0955. The number of carboxylic acids is 2. The third-order valence-electron chi connectivity index (χ3n) is 13.6. The van der Waals surface area contributed by atoms with Crippen LogP contribution in [0, 0.1) is 17.3 Å². The summed E-state index contributed by atoms with van der Waals surface area (Å²) in [5.74, 6) is -0.307. The van der Waals surface area contributed by atoms with Gasteiger partial charge in [-0.2, -0.15) is 0 Å². The monoisotopic (exact) mass is 857 g/mol. The molecule has 0 saturated heterocycles. The molecular weight excluding hydrogens is 757 g/mol. The third-order valence-corrected chi connectivity index (χ3v) is 13.6. The van der Waals surface area contributed by atoms with Gasteiger partial charge in [0, 0.05) is 31.7 Å². The van der Waals surface area contributed by atoms with Crippen LogP contribution in [0.1, 0.15) is 240 Å². The second-order valence-corrected chi connectivity index (χ2v) is 19.1. The van der Waals surface area contributed by atoms with Crippen molar-refractivity contribution in [3.8, 4) is 0 Å². The Morgan fingerprint density at radius 2 is 0.934 bits per heavy atom. The van der Waals surface area contributed by atoms with Crippen molar-refractivity contribution in [1.29, 1.82) is 0 Å². The van der Waals surface area contributed by atoms with Crippen LogP contribution in [0.2, 0.25) is 0 Å². The second-order valence-electron chi connectivity index (χ2n) is 19.1. The first kappa shape index (κ1) is 56.9. The number of benzene rings is 1. The highest BCUT2D eigenvalue weighted by Gasteiger charge is 2.41. The molecule has 2 atom stereocenters. The van der Waals surface area contributed by atoms with Gasteiger partial charge in [0.1, 0.15) is 0 Å². The molecule has 7 nitrogen and oxygen atoms in total. The smallest absolute Gasteiger partial charge is 0.309 e. The number of para-hydroxylation sites is 1. The van der Waals surface area contributed by atoms with Crippen molar-refractivity contribution in [1.82, 2.24) is 4.90 Å². The average molecular weight is 857 g/mol. The van der Waals surface area contributed by atoms with E-state index in [9.17, 15) is 24.9 Å². The fourth-order valence-electron chi connectivity index (χ4n) is 9.83. The fraction of sp³-hybridized carbons (Fsp3) is 0.852. The molecule has 61 heavy (non-hydrogen) atoms. The number of carbonyl (C=O) groups is 2. The number of aliphatic carboxylic acids is 2. The summed E-state index contributed by atoms with van der Waals surface area (Å²) in [6, 6.07) is 10.3. The number of rotatable bonds is 46. The van der Waals surface area contributed by atoms with Gasteiger partial charge in [-0.05, 0) is 75.6 Å². The van der Waals surface area contributed by atoms with Gasteiger partial charge in [0.2, 0.25) is 0 Å². The molecule has 0 radical (unpaired) electrons. The first-order valence-corrected chi connectivity index (χ1v) is 26.3. The Balaban J connectivity index is 3.33. The molecule has 0 fully saturated rings. The highest BCUT2D eigenvalue weighted by molar-refractivity contribution is 5.74. The van der Waals surface area contributed by atoms with Crippen LogP contribution >= 0.6 is 0 Å². The maximum Gasteiger partial charge on any atom is 0.309 e. The van der Waals surface area contributed by atoms with E-state index in [0.717, 1.165) is 76.8 Å². The van der Waals surface area contributed by atoms with Crippen molar-refractivity contribution in [2.24, 2.45) is 17.3 Å². The molecule has 1 aromatic carbocycles. The summed E-state index contributed by atoms with van der Waals surface area (Å²) >= 11 is 0. The highest BCUT2D eigenvalue weighted by atomic mass is 16.4. The molecule has 356 valence electrons. The molecule has 3 N–H and O–H groups in total. The minimum Gasteiger partial charge on any atom is -0.481 e. The molecule has 2 unspecified atom stereocenters. The van der Waals surface area contributed by atoms with Gasteiger partial charge in [-0.3, -0.25) is 9.59 Å². The van der Waals surface area contributed by atoms with Crippen molar-refractivity contribution < 1.29 is 24.9 Å². The summed E-state index contributed by atoms with van der Waals surface area (Å²) in [5, 5.41) is 30.6. The molecule has 0 aromatic heterocycles. The van der Waals surface area contributed by atoms with Gasteiger partial charge >= 0.3 is 11.9 Å². The number of hydrogen-bond donors (Lipinski definition) is 3. The molecule has 1 rings (SSSR count). The number of nitrogens with zero attached hydrogens (tertiary/aromatic N) is 2. The molecule has 0 bridgehead atoms. The van der Waals surface area contributed by atoms with Crippen LogP contribution in [0.15, 0.2) is 30.3 Å². The number of aliphatic hydroxyl groups is 1. The summed E-state index contributed by atoms with van der Waals surface area (Å²) in [5.41, 5.74) is 0.432. The quantitative estimate of drug-likeness (QED) is 0.0561. The Bertz CT molecular complexity index is 1100. The number of anilines is 1. The predicted octanol–water partition coefficient (Wildman–Crippen LogP) is 15.1. The maximum atomic E-state index is 14.0. The Morgan fingerprint density at radius 3 is 1.38 bits per heavy atom. The van der Waals surface area contributed by atoms with Gasteiger partial charge in [0.25, 0.3) is 0 Å². The van der Waals surface area contributed by atoms with Gasteiger partial charge < -0.3 is 25.1 Å². The Labute approximate surface area is 377 Å². The van der Waals surface area contributed by atoms with Crippen LogP contribution < -0.4 is 4.90 Å². The van der Waals surface area contributed by atoms with Crippen LogP contribution in [-0.4, -0.2) is 71.5 Å². The molecular formula is C54H100N2O5. The zero-order valence-electron chi connectivity index (χ0n) is 40.7. The molecule has 0 amide bonds. The lowest BCUT2D eigenvalue weighted by molar-refractivity contribution is -0.152. The lowest BCUT2D eigenvalue weighted by Gasteiger charge is -2.37. The standard InChI is InChI=1S/C54H100N2O5/c1-5-9-13-17-19-25-35-49(33-23-15-11-7-3)47-54(53(60)61,48-50(34-24-16-12-8-4)36-26-20-18-14-10-6-2)40-30-32-42-55(41-31-22-29-39-52(58)59)43-44-56(45-46-57)51-37-27-21-28-38-51/h21,27-28,37-38,49-50,57H,5-20,22-26,29-36,39-48H2,1-4H3,(H,58,59)(H,60,61). The Kier molecular flexibility index (Phi) is 36.8. The van der Waals surface area contributed by atoms with E-state index in [1.807, 2.05) is 18.2 Å². The van der Waals surface area contributed by atoms with Crippen molar-refractivity contribution in [2.75, 3.05) is 44.2 Å². The lowest BCUT2D eigenvalue weighted by Crippen LogP contribution is -2.38. The van der Waals surface area contributed by atoms with Crippen molar-refractivity contribution in [3.05, 3.63) is 30.3 Å². The van der Waals surface area contributed by atoms with Crippen LogP contribution in [-0.2, 0) is 9.59 Å². The maximum absolute atomic E-state index is 14.0.